The van der Waals surface area contributed by atoms with Crippen molar-refractivity contribution in [3.8, 4) is 0 Å². The Morgan fingerprint density at radius 2 is 1.50 bits per heavy atom. The van der Waals surface area contributed by atoms with Crippen LogP contribution >= 0.6 is 56.1 Å². The quantitative estimate of drug-likeness (QED) is 0.391. The van der Waals surface area contributed by atoms with Crippen LogP contribution in [0, 0.1) is 0 Å². The third kappa shape index (κ3) is 3.59. The summed E-state index contributed by atoms with van der Waals surface area (Å²) in [6.45, 7) is 7.18. The highest BCUT2D eigenvalue weighted by Gasteiger charge is 2.59. The number of hydrogen-bond acceptors (Lipinski definition) is 0. The summed E-state index contributed by atoms with van der Waals surface area (Å²) in [5.74, 6) is 0. The fraction of sp³-hybridized carbons (Fsp3) is 0.571. The van der Waals surface area contributed by atoms with Crippen molar-refractivity contribution in [1.82, 2.24) is 0 Å². The fourth-order valence-electron chi connectivity index (χ4n) is 2.96. The minimum Gasteiger partial charge on any atom is -0.114 e. The van der Waals surface area contributed by atoms with Gasteiger partial charge in [-0.3, -0.25) is 0 Å². The minimum atomic E-state index is -0.879. The lowest BCUT2D eigenvalue weighted by atomic mass is 10.0. The van der Waals surface area contributed by atoms with Crippen LogP contribution in [0.5, 0.6) is 0 Å². The van der Waals surface area contributed by atoms with Crippen LogP contribution in [0.2, 0.25) is 0 Å². The third-order valence-corrected chi connectivity index (χ3v) is 11.5. The summed E-state index contributed by atoms with van der Waals surface area (Å²) in [6, 6.07) is 10.9. The van der Waals surface area contributed by atoms with Gasteiger partial charge in [-0.1, -0.05) is 62.2 Å². The molecule has 1 aromatic carbocycles. The zero-order valence-corrected chi connectivity index (χ0v) is 16.9. The SMILES string of the molecule is Br.CC1(Br)C[P+](C)(Cc2ccccc2)CC1(C)Br. The predicted octanol–water partition coefficient (Wildman–Crippen LogP) is 5.73. The van der Waals surface area contributed by atoms with Gasteiger partial charge in [0.05, 0.1) is 27.1 Å². The molecule has 0 saturated carbocycles. The molecule has 0 amide bonds. The van der Waals surface area contributed by atoms with E-state index >= 15 is 0 Å². The molecule has 0 spiro atoms. The first kappa shape index (κ1) is 17.1. The van der Waals surface area contributed by atoms with Crippen LogP contribution in [0.15, 0.2) is 30.3 Å². The molecule has 18 heavy (non-hydrogen) atoms. The first-order chi connectivity index (χ1) is 7.74. The standard InChI is InChI=1S/C14H20Br2P.BrH/c1-13(15)10-17(3,11-14(13,2)16)9-12-7-5-4-6-8-12;/h4-8H,9-11H2,1-3H3;1H/q+1;. The molecule has 1 saturated heterocycles. The van der Waals surface area contributed by atoms with E-state index in [0.29, 0.717) is 0 Å². The largest absolute Gasteiger partial charge is 0.114 e. The number of hydrogen-bond donors (Lipinski definition) is 0. The summed E-state index contributed by atoms with van der Waals surface area (Å²) in [5, 5.41) is 0. The van der Waals surface area contributed by atoms with E-state index in [1.165, 1.54) is 24.0 Å². The predicted molar refractivity (Wildman–Crippen MR) is 97.7 cm³/mol. The van der Waals surface area contributed by atoms with E-state index < -0.39 is 7.26 Å². The Hall–Kier alpha value is 1.09. The van der Waals surface area contributed by atoms with Crippen molar-refractivity contribution in [3.63, 3.8) is 0 Å². The van der Waals surface area contributed by atoms with Gasteiger partial charge in [0.25, 0.3) is 0 Å². The monoisotopic (exact) mass is 457 g/mol. The van der Waals surface area contributed by atoms with Crippen molar-refractivity contribution < 1.29 is 0 Å². The van der Waals surface area contributed by atoms with Crippen LogP contribution in [0.4, 0.5) is 0 Å². The second-order valence-electron chi connectivity index (χ2n) is 5.97. The van der Waals surface area contributed by atoms with Crippen LogP contribution in [-0.4, -0.2) is 27.6 Å². The molecule has 1 aromatic rings. The van der Waals surface area contributed by atoms with Gasteiger partial charge in [-0.15, -0.1) is 17.0 Å². The van der Waals surface area contributed by atoms with Crippen LogP contribution in [0.1, 0.15) is 19.4 Å². The average Bonchev–Trinajstić information content (AvgIpc) is 2.31. The van der Waals surface area contributed by atoms with Gasteiger partial charge in [0, 0.05) is 13.9 Å². The molecule has 0 radical (unpaired) electrons. The number of halogens is 3. The summed E-state index contributed by atoms with van der Waals surface area (Å²) >= 11 is 7.87. The van der Waals surface area contributed by atoms with Crippen molar-refractivity contribution in [2.45, 2.75) is 28.7 Å². The Morgan fingerprint density at radius 1 is 1.06 bits per heavy atom. The molecule has 1 aliphatic rings. The summed E-state index contributed by atoms with van der Waals surface area (Å²) in [5.41, 5.74) is 1.50. The van der Waals surface area contributed by atoms with Gasteiger partial charge in [0.1, 0.15) is 0 Å². The van der Waals surface area contributed by atoms with E-state index in [1.807, 2.05) is 0 Å². The summed E-state index contributed by atoms with van der Waals surface area (Å²) in [4.78, 5) is 0. The van der Waals surface area contributed by atoms with Crippen LogP contribution in [0.3, 0.4) is 0 Å². The van der Waals surface area contributed by atoms with Gasteiger partial charge < -0.3 is 0 Å². The summed E-state index contributed by atoms with van der Waals surface area (Å²) in [6.07, 6.45) is 3.91. The highest BCUT2D eigenvalue weighted by atomic mass is 79.9. The average molecular weight is 460 g/mol. The Kier molecular flexibility index (Phi) is 5.56. The summed E-state index contributed by atoms with van der Waals surface area (Å²) < 4.78 is 0.467. The van der Waals surface area contributed by atoms with Crippen LogP contribution in [0.25, 0.3) is 0 Å². The second kappa shape index (κ2) is 5.84. The number of rotatable bonds is 2. The van der Waals surface area contributed by atoms with Crippen molar-refractivity contribution in [1.29, 1.82) is 0 Å². The molecule has 1 heterocycles. The first-order valence-corrected chi connectivity index (χ1v) is 10.4. The lowest BCUT2D eigenvalue weighted by Crippen LogP contribution is -2.37. The van der Waals surface area contributed by atoms with Crippen LogP contribution in [-0.2, 0) is 6.16 Å². The molecular weight excluding hydrogens is 439 g/mol. The molecule has 4 heteroatoms. The van der Waals surface area contributed by atoms with Gasteiger partial charge >= 0.3 is 0 Å². The van der Waals surface area contributed by atoms with E-state index in [0.717, 1.165) is 0 Å². The molecule has 0 N–H and O–H groups in total. The lowest BCUT2D eigenvalue weighted by Gasteiger charge is -2.26. The maximum absolute atomic E-state index is 3.93. The van der Waals surface area contributed by atoms with Crippen molar-refractivity contribution in [2.75, 3.05) is 19.0 Å². The molecule has 0 aliphatic carbocycles. The maximum atomic E-state index is 3.93. The molecule has 2 atom stereocenters. The minimum absolute atomic E-state index is 0. The normalized spacial score (nSPS) is 39.4. The molecule has 0 aromatic heterocycles. The van der Waals surface area contributed by atoms with Crippen LogP contribution < -0.4 is 0 Å². The summed E-state index contributed by atoms with van der Waals surface area (Å²) in [7, 11) is -0.879. The van der Waals surface area contributed by atoms with E-state index in [2.05, 4.69) is 82.7 Å². The highest BCUT2D eigenvalue weighted by Crippen LogP contribution is 2.71. The third-order valence-electron chi connectivity index (χ3n) is 3.85. The molecule has 0 nitrogen and oxygen atoms in total. The zero-order chi connectivity index (χ0) is 12.7. The van der Waals surface area contributed by atoms with Crippen molar-refractivity contribution in [2.24, 2.45) is 0 Å². The number of benzene rings is 1. The maximum Gasteiger partial charge on any atom is 0.0841 e. The smallest absolute Gasteiger partial charge is 0.0841 e. The topological polar surface area (TPSA) is 0 Å². The van der Waals surface area contributed by atoms with Crippen molar-refractivity contribution >= 4 is 56.1 Å². The van der Waals surface area contributed by atoms with Gasteiger partial charge in [-0.2, -0.15) is 0 Å². The Bertz CT molecular complexity index is 385. The Labute approximate surface area is 139 Å². The van der Waals surface area contributed by atoms with E-state index in [4.69, 9.17) is 0 Å². The van der Waals surface area contributed by atoms with Gasteiger partial charge in [-0.05, 0) is 19.4 Å². The Balaban J connectivity index is 0.00000162. The number of alkyl halides is 2. The molecule has 102 valence electrons. The fourth-order valence-corrected chi connectivity index (χ4v) is 12.3. The van der Waals surface area contributed by atoms with Gasteiger partial charge in [0.15, 0.2) is 0 Å². The van der Waals surface area contributed by atoms with Crippen molar-refractivity contribution in [3.05, 3.63) is 35.9 Å². The highest BCUT2D eigenvalue weighted by molar-refractivity contribution is 9.13. The van der Waals surface area contributed by atoms with E-state index in [-0.39, 0.29) is 25.6 Å². The van der Waals surface area contributed by atoms with E-state index in [1.54, 1.807) is 0 Å². The Morgan fingerprint density at radius 3 is 1.94 bits per heavy atom. The van der Waals surface area contributed by atoms with Gasteiger partial charge in [0.2, 0.25) is 0 Å². The zero-order valence-electron chi connectivity index (χ0n) is 11.1. The van der Waals surface area contributed by atoms with Gasteiger partial charge in [-0.25, -0.2) is 0 Å². The molecule has 1 aliphatic heterocycles. The second-order valence-corrected chi connectivity index (χ2v) is 13.7. The molecule has 0 bridgehead atoms. The molecular formula is C14H21Br3P+. The van der Waals surface area contributed by atoms with E-state index in [9.17, 15) is 0 Å². The molecule has 2 rings (SSSR count). The molecule has 1 fully saturated rings. The lowest BCUT2D eigenvalue weighted by molar-refractivity contribution is 0.615. The molecule has 2 unspecified atom stereocenters. The first-order valence-electron chi connectivity index (χ1n) is 6.00.